The maximum atomic E-state index is 13.0. The molecule has 2 aromatic carbocycles. The summed E-state index contributed by atoms with van der Waals surface area (Å²) < 4.78 is 25.8. The first-order valence-corrected chi connectivity index (χ1v) is 7.64. The number of hydrogen-bond acceptors (Lipinski definition) is 2. The van der Waals surface area contributed by atoms with E-state index in [1.165, 1.54) is 53.4 Å². The molecule has 0 saturated carbocycles. The van der Waals surface area contributed by atoms with Gasteiger partial charge in [-0.05, 0) is 48.4 Å². The Hall–Kier alpha value is -2.76. The topological polar surface area (TPSA) is 49.4 Å². The van der Waals surface area contributed by atoms with Gasteiger partial charge in [0, 0.05) is 12.2 Å². The quantitative estimate of drug-likeness (QED) is 0.936. The van der Waals surface area contributed by atoms with E-state index in [2.05, 4.69) is 5.32 Å². The zero-order valence-electron chi connectivity index (χ0n) is 12.8. The number of carbonyl (C=O) groups excluding carboxylic acids is 2. The minimum absolute atomic E-state index is 0.0839. The van der Waals surface area contributed by atoms with Crippen LogP contribution in [0.1, 0.15) is 12.0 Å². The second-order valence-electron chi connectivity index (χ2n) is 5.68. The summed E-state index contributed by atoms with van der Waals surface area (Å²) in [5.74, 6) is -1.23. The van der Waals surface area contributed by atoms with Gasteiger partial charge in [-0.1, -0.05) is 12.1 Å². The van der Waals surface area contributed by atoms with Crippen molar-refractivity contribution in [1.82, 2.24) is 5.32 Å². The molecule has 1 heterocycles. The van der Waals surface area contributed by atoms with E-state index < -0.39 is 6.04 Å². The van der Waals surface area contributed by atoms with Crippen LogP contribution in [0.5, 0.6) is 0 Å². The molecule has 1 N–H and O–H groups in total. The van der Waals surface area contributed by atoms with Crippen molar-refractivity contribution >= 4 is 17.5 Å². The molecule has 0 aromatic heterocycles. The van der Waals surface area contributed by atoms with E-state index in [0.717, 1.165) is 0 Å². The highest BCUT2D eigenvalue weighted by atomic mass is 19.1. The smallest absolute Gasteiger partial charge is 0.249 e. The molecule has 0 unspecified atom stereocenters. The number of rotatable bonds is 4. The van der Waals surface area contributed by atoms with Crippen molar-refractivity contribution in [3.8, 4) is 0 Å². The molecular formula is C18H16F2N2O2. The molecule has 1 atom stereocenters. The Morgan fingerprint density at radius 3 is 2.25 bits per heavy atom. The predicted octanol–water partition coefficient (Wildman–Crippen LogP) is 2.43. The van der Waals surface area contributed by atoms with Crippen molar-refractivity contribution in [2.75, 3.05) is 11.4 Å². The standard InChI is InChI=1S/C18H16F2N2O2/c19-13-3-1-12(2-4-13)11-17(23)21-16-9-10-22(18(16)24)15-7-5-14(20)6-8-15/h1-8,16H,9-11H2,(H,21,23)/t16-/m0/s1. The van der Waals surface area contributed by atoms with Gasteiger partial charge in [-0.3, -0.25) is 9.59 Å². The average molecular weight is 330 g/mol. The lowest BCUT2D eigenvalue weighted by Crippen LogP contribution is -2.42. The molecule has 3 rings (SSSR count). The Labute approximate surface area is 138 Å². The van der Waals surface area contributed by atoms with Gasteiger partial charge < -0.3 is 10.2 Å². The molecular weight excluding hydrogens is 314 g/mol. The third kappa shape index (κ3) is 3.59. The summed E-state index contributed by atoms with van der Waals surface area (Å²) in [6.45, 7) is 0.464. The Morgan fingerprint density at radius 1 is 1.04 bits per heavy atom. The fourth-order valence-corrected chi connectivity index (χ4v) is 2.72. The molecule has 6 heteroatoms. The summed E-state index contributed by atoms with van der Waals surface area (Å²) in [5, 5.41) is 2.70. The van der Waals surface area contributed by atoms with E-state index >= 15 is 0 Å². The van der Waals surface area contributed by atoms with Crippen molar-refractivity contribution in [2.24, 2.45) is 0 Å². The van der Waals surface area contributed by atoms with E-state index in [1.54, 1.807) is 0 Å². The van der Waals surface area contributed by atoms with Gasteiger partial charge in [0.05, 0.1) is 6.42 Å². The molecule has 2 aromatic rings. The van der Waals surface area contributed by atoms with Crippen LogP contribution in [0.15, 0.2) is 48.5 Å². The summed E-state index contributed by atoms with van der Waals surface area (Å²) in [6, 6.07) is 10.7. The predicted molar refractivity (Wildman–Crippen MR) is 85.4 cm³/mol. The zero-order chi connectivity index (χ0) is 17.1. The second-order valence-corrected chi connectivity index (χ2v) is 5.68. The molecule has 2 amide bonds. The first-order valence-electron chi connectivity index (χ1n) is 7.64. The van der Waals surface area contributed by atoms with E-state index in [9.17, 15) is 18.4 Å². The van der Waals surface area contributed by atoms with Crippen LogP contribution in [-0.4, -0.2) is 24.4 Å². The number of halogens is 2. The Kier molecular flexibility index (Phi) is 4.55. The molecule has 1 aliphatic rings. The van der Waals surface area contributed by atoms with Crippen LogP contribution in [0.25, 0.3) is 0 Å². The molecule has 0 bridgehead atoms. The normalized spacial score (nSPS) is 17.2. The van der Waals surface area contributed by atoms with Crippen LogP contribution in [0.2, 0.25) is 0 Å². The third-order valence-corrected chi connectivity index (χ3v) is 3.96. The average Bonchev–Trinajstić information content (AvgIpc) is 2.91. The molecule has 1 fully saturated rings. The number of nitrogens with one attached hydrogen (secondary N) is 1. The van der Waals surface area contributed by atoms with Gasteiger partial charge in [0.1, 0.15) is 17.7 Å². The Bertz CT molecular complexity index is 745. The summed E-state index contributed by atoms with van der Waals surface area (Å²) in [4.78, 5) is 26.0. The minimum Gasteiger partial charge on any atom is -0.344 e. The Balaban J connectivity index is 1.60. The fourth-order valence-electron chi connectivity index (χ4n) is 2.72. The fraction of sp³-hybridized carbons (Fsp3) is 0.222. The molecule has 0 aliphatic carbocycles. The van der Waals surface area contributed by atoms with Gasteiger partial charge in [0.25, 0.3) is 0 Å². The highest BCUT2D eigenvalue weighted by molar-refractivity contribution is 6.01. The Morgan fingerprint density at radius 2 is 1.62 bits per heavy atom. The van der Waals surface area contributed by atoms with Crippen LogP contribution >= 0.6 is 0 Å². The summed E-state index contributed by atoms with van der Waals surface area (Å²) in [5.41, 5.74) is 1.28. The largest absolute Gasteiger partial charge is 0.344 e. The van der Waals surface area contributed by atoms with Gasteiger partial charge in [-0.15, -0.1) is 0 Å². The number of benzene rings is 2. The lowest BCUT2D eigenvalue weighted by atomic mass is 10.1. The monoisotopic (exact) mass is 330 g/mol. The van der Waals surface area contributed by atoms with Crippen molar-refractivity contribution < 1.29 is 18.4 Å². The van der Waals surface area contributed by atoms with Crippen molar-refractivity contribution in [3.63, 3.8) is 0 Å². The number of hydrogen-bond donors (Lipinski definition) is 1. The van der Waals surface area contributed by atoms with Crippen molar-refractivity contribution in [3.05, 3.63) is 65.7 Å². The highest BCUT2D eigenvalue weighted by Gasteiger charge is 2.33. The molecule has 4 nitrogen and oxygen atoms in total. The first-order chi connectivity index (χ1) is 11.5. The maximum absolute atomic E-state index is 13.0. The lowest BCUT2D eigenvalue weighted by molar-refractivity contribution is -0.126. The summed E-state index contributed by atoms with van der Waals surface area (Å²) in [6.07, 6.45) is 0.575. The van der Waals surface area contributed by atoms with Gasteiger partial charge in [-0.25, -0.2) is 8.78 Å². The lowest BCUT2D eigenvalue weighted by Gasteiger charge is -2.17. The number of nitrogens with zero attached hydrogens (tertiary/aromatic N) is 1. The van der Waals surface area contributed by atoms with E-state index in [4.69, 9.17) is 0 Å². The van der Waals surface area contributed by atoms with Gasteiger partial charge >= 0.3 is 0 Å². The zero-order valence-corrected chi connectivity index (χ0v) is 12.8. The second kappa shape index (κ2) is 6.78. The number of carbonyl (C=O) groups is 2. The maximum Gasteiger partial charge on any atom is 0.249 e. The molecule has 1 saturated heterocycles. The van der Waals surface area contributed by atoms with Gasteiger partial charge in [0.15, 0.2) is 0 Å². The summed E-state index contributed by atoms with van der Waals surface area (Å²) >= 11 is 0. The molecule has 124 valence electrons. The van der Waals surface area contributed by atoms with Gasteiger partial charge in [-0.2, -0.15) is 0 Å². The molecule has 0 radical (unpaired) electrons. The van der Waals surface area contributed by atoms with E-state index in [0.29, 0.717) is 24.2 Å². The van der Waals surface area contributed by atoms with E-state index in [-0.39, 0.29) is 29.9 Å². The van der Waals surface area contributed by atoms with Gasteiger partial charge in [0.2, 0.25) is 11.8 Å². The highest BCUT2D eigenvalue weighted by Crippen LogP contribution is 2.22. The molecule has 1 aliphatic heterocycles. The van der Waals surface area contributed by atoms with E-state index in [1.807, 2.05) is 0 Å². The first kappa shape index (κ1) is 16.1. The number of amides is 2. The van der Waals surface area contributed by atoms with Crippen LogP contribution < -0.4 is 10.2 Å². The SMILES string of the molecule is O=C(Cc1ccc(F)cc1)N[C@H]1CCN(c2ccc(F)cc2)C1=O. The van der Waals surface area contributed by atoms with Crippen LogP contribution in [0.4, 0.5) is 14.5 Å². The third-order valence-electron chi connectivity index (χ3n) is 3.96. The van der Waals surface area contributed by atoms with Crippen LogP contribution in [0, 0.1) is 11.6 Å². The molecule has 24 heavy (non-hydrogen) atoms. The number of anilines is 1. The van der Waals surface area contributed by atoms with Crippen LogP contribution in [0.3, 0.4) is 0 Å². The minimum atomic E-state index is -0.594. The summed E-state index contributed by atoms with van der Waals surface area (Å²) in [7, 11) is 0. The van der Waals surface area contributed by atoms with Crippen molar-refractivity contribution in [1.29, 1.82) is 0 Å². The van der Waals surface area contributed by atoms with Crippen molar-refractivity contribution in [2.45, 2.75) is 18.9 Å². The van der Waals surface area contributed by atoms with Crippen LogP contribution in [-0.2, 0) is 16.0 Å². The molecule has 0 spiro atoms.